The number of hydrogen-bond acceptors (Lipinski definition) is 3. The highest BCUT2D eigenvalue weighted by Crippen LogP contribution is 2.14. The highest BCUT2D eigenvalue weighted by molar-refractivity contribution is 7.80. The van der Waals surface area contributed by atoms with Gasteiger partial charge in [-0.2, -0.15) is 0 Å². The van der Waals surface area contributed by atoms with E-state index in [1.807, 2.05) is 4.90 Å². The zero-order valence-corrected chi connectivity index (χ0v) is 11.6. The number of rotatable bonds is 3. The minimum atomic E-state index is -0.707. The number of carbonyl (C=O) groups is 1. The van der Waals surface area contributed by atoms with Gasteiger partial charge in [0.15, 0.2) is 0 Å². The lowest BCUT2D eigenvalue weighted by molar-refractivity contribution is 0.0649. The summed E-state index contributed by atoms with van der Waals surface area (Å²) < 4.78 is 26.7. The Kier molecular flexibility index (Phi) is 4.61. The van der Waals surface area contributed by atoms with Crippen LogP contribution in [0.5, 0.6) is 0 Å². The Morgan fingerprint density at radius 1 is 1.25 bits per heavy atom. The van der Waals surface area contributed by atoms with Crippen molar-refractivity contribution in [2.45, 2.75) is 0 Å². The summed E-state index contributed by atoms with van der Waals surface area (Å²) in [6.07, 6.45) is 0. The van der Waals surface area contributed by atoms with Gasteiger partial charge in [0.2, 0.25) is 0 Å². The average Bonchev–Trinajstić information content (AvgIpc) is 2.41. The molecule has 1 amide bonds. The summed E-state index contributed by atoms with van der Waals surface area (Å²) in [5.74, 6) is -1.82. The number of thiocarbonyl (C=S) groups is 1. The van der Waals surface area contributed by atoms with Crippen LogP contribution in [0.4, 0.5) is 8.78 Å². The monoisotopic (exact) mass is 299 g/mol. The Balaban J connectivity index is 2.01. The van der Waals surface area contributed by atoms with Crippen molar-refractivity contribution >= 4 is 23.1 Å². The Hall–Kier alpha value is -1.60. The number of amides is 1. The second kappa shape index (κ2) is 6.23. The maximum Gasteiger partial charge on any atom is 0.257 e. The standard InChI is InChI=1S/C13H15F2N3OS/c14-9-1-2-11(15)10(7-9)13(19)18-5-3-17(4-6-18)8-12(16)20/h1-2,7H,3-6,8H2,(H2,16,20). The zero-order valence-electron chi connectivity index (χ0n) is 10.8. The predicted octanol–water partition coefficient (Wildman–Crippen LogP) is 1.01. The lowest BCUT2D eigenvalue weighted by Crippen LogP contribution is -2.50. The second-order valence-corrected chi connectivity index (χ2v) is 5.18. The summed E-state index contributed by atoms with van der Waals surface area (Å²) in [5.41, 5.74) is 5.23. The Morgan fingerprint density at radius 3 is 2.50 bits per heavy atom. The fourth-order valence-electron chi connectivity index (χ4n) is 2.16. The van der Waals surface area contributed by atoms with Crippen molar-refractivity contribution in [2.75, 3.05) is 32.7 Å². The topological polar surface area (TPSA) is 49.6 Å². The molecule has 0 aromatic heterocycles. The molecule has 7 heteroatoms. The smallest absolute Gasteiger partial charge is 0.257 e. The summed E-state index contributed by atoms with van der Waals surface area (Å²) in [5, 5.41) is 0. The van der Waals surface area contributed by atoms with Gasteiger partial charge in [0.05, 0.1) is 10.6 Å². The minimum absolute atomic E-state index is 0.229. The number of hydrogen-bond donors (Lipinski definition) is 1. The molecule has 0 spiro atoms. The number of piperazine rings is 1. The van der Waals surface area contributed by atoms with Crippen LogP contribution in [-0.2, 0) is 0 Å². The van der Waals surface area contributed by atoms with Crippen LogP contribution in [0, 0.1) is 11.6 Å². The number of nitrogens with zero attached hydrogens (tertiary/aromatic N) is 2. The fraction of sp³-hybridized carbons (Fsp3) is 0.385. The first-order chi connectivity index (χ1) is 9.47. The lowest BCUT2D eigenvalue weighted by Gasteiger charge is -2.34. The molecule has 108 valence electrons. The first kappa shape index (κ1) is 14.8. The molecule has 2 N–H and O–H groups in total. The van der Waals surface area contributed by atoms with Crippen LogP contribution < -0.4 is 5.73 Å². The van der Waals surface area contributed by atoms with Gasteiger partial charge < -0.3 is 10.6 Å². The molecule has 1 aliphatic rings. The van der Waals surface area contributed by atoms with Gasteiger partial charge in [0.25, 0.3) is 5.91 Å². The fourth-order valence-corrected chi connectivity index (χ4v) is 2.34. The van der Waals surface area contributed by atoms with E-state index in [0.717, 1.165) is 18.2 Å². The van der Waals surface area contributed by atoms with E-state index in [1.165, 1.54) is 4.90 Å². The van der Waals surface area contributed by atoms with Crippen LogP contribution >= 0.6 is 12.2 Å². The summed E-state index contributed by atoms with van der Waals surface area (Å²) in [6, 6.07) is 2.89. The normalized spacial score (nSPS) is 16.2. The molecule has 0 unspecified atom stereocenters. The van der Waals surface area contributed by atoms with Gasteiger partial charge in [0, 0.05) is 32.7 Å². The third-order valence-corrected chi connectivity index (χ3v) is 3.33. The molecule has 1 aromatic rings. The summed E-state index contributed by atoms with van der Waals surface area (Å²) in [4.78, 5) is 16.1. The Bertz CT molecular complexity index is 530. The van der Waals surface area contributed by atoms with Crippen molar-refractivity contribution < 1.29 is 13.6 Å². The number of benzene rings is 1. The lowest BCUT2D eigenvalue weighted by atomic mass is 10.1. The van der Waals surface area contributed by atoms with E-state index < -0.39 is 17.5 Å². The van der Waals surface area contributed by atoms with E-state index in [9.17, 15) is 13.6 Å². The number of nitrogens with two attached hydrogens (primary N) is 1. The third-order valence-electron chi connectivity index (χ3n) is 3.20. The highest BCUT2D eigenvalue weighted by atomic mass is 32.1. The van der Waals surface area contributed by atoms with Gasteiger partial charge in [-0.05, 0) is 18.2 Å². The minimum Gasteiger partial charge on any atom is -0.392 e. The molecule has 2 rings (SSSR count). The zero-order chi connectivity index (χ0) is 14.7. The maximum absolute atomic E-state index is 13.6. The maximum atomic E-state index is 13.6. The number of halogens is 2. The quantitative estimate of drug-likeness (QED) is 0.846. The molecule has 4 nitrogen and oxygen atoms in total. The van der Waals surface area contributed by atoms with Gasteiger partial charge in [-0.25, -0.2) is 8.78 Å². The first-order valence-corrected chi connectivity index (χ1v) is 6.63. The Morgan fingerprint density at radius 2 is 1.90 bits per heavy atom. The molecular formula is C13H15F2N3OS. The highest BCUT2D eigenvalue weighted by Gasteiger charge is 2.24. The molecule has 1 aliphatic heterocycles. The van der Waals surface area contributed by atoms with Crippen LogP contribution in [0.2, 0.25) is 0 Å². The third kappa shape index (κ3) is 3.49. The first-order valence-electron chi connectivity index (χ1n) is 6.22. The largest absolute Gasteiger partial charge is 0.392 e. The van der Waals surface area contributed by atoms with Crippen LogP contribution in [0.1, 0.15) is 10.4 Å². The molecule has 1 saturated heterocycles. The molecule has 0 saturated carbocycles. The molecule has 1 aromatic carbocycles. The van der Waals surface area contributed by atoms with Crippen molar-refractivity contribution in [1.29, 1.82) is 0 Å². The SMILES string of the molecule is NC(=S)CN1CCN(C(=O)c2cc(F)ccc2F)CC1. The van der Waals surface area contributed by atoms with Crippen LogP contribution in [0.25, 0.3) is 0 Å². The van der Waals surface area contributed by atoms with E-state index >= 15 is 0 Å². The predicted molar refractivity (Wildman–Crippen MR) is 75.5 cm³/mol. The van der Waals surface area contributed by atoms with Gasteiger partial charge in [-0.15, -0.1) is 0 Å². The van der Waals surface area contributed by atoms with Crippen molar-refractivity contribution in [2.24, 2.45) is 5.73 Å². The van der Waals surface area contributed by atoms with Crippen molar-refractivity contribution in [3.8, 4) is 0 Å². The van der Waals surface area contributed by atoms with Gasteiger partial charge in [-0.1, -0.05) is 12.2 Å². The van der Waals surface area contributed by atoms with E-state index in [1.54, 1.807) is 0 Å². The molecular weight excluding hydrogens is 284 g/mol. The average molecular weight is 299 g/mol. The van der Waals surface area contributed by atoms with E-state index in [0.29, 0.717) is 37.7 Å². The van der Waals surface area contributed by atoms with Crippen LogP contribution in [-0.4, -0.2) is 53.4 Å². The molecule has 0 radical (unpaired) electrons. The van der Waals surface area contributed by atoms with Crippen molar-refractivity contribution in [3.05, 3.63) is 35.4 Å². The summed E-state index contributed by atoms with van der Waals surface area (Å²) >= 11 is 4.83. The molecule has 0 bridgehead atoms. The molecule has 1 fully saturated rings. The summed E-state index contributed by atoms with van der Waals surface area (Å²) in [7, 11) is 0. The van der Waals surface area contributed by atoms with Crippen molar-refractivity contribution in [1.82, 2.24) is 9.80 Å². The van der Waals surface area contributed by atoms with E-state index in [2.05, 4.69) is 0 Å². The van der Waals surface area contributed by atoms with Gasteiger partial charge in [0.1, 0.15) is 11.6 Å². The summed E-state index contributed by atoms with van der Waals surface area (Å²) in [6.45, 7) is 2.61. The van der Waals surface area contributed by atoms with Crippen LogP contribution in [0.3, 0.4) is 0 Å². The number of carbonyl (C=O) groups excluding carboxylic acids is 1. The van der Waals surface area contributed by atoms with Crippen LogP contribution in [0.15, 0.2) is 18.2 Å². The van der Waals surface area contributed by atoms with E-state index in [-0.39, 0.29) is 5.56 Å². The van der Waals surface area contributed by atoms with E-state index in [4.69, 9.17) is 18.0 Å². The molecule has 1 heterocycles. The molecule has 20 heavy (non-hydrogen) atoms. The van der Waals surface area contributed by atoms with Crippen molar-refractivity contribution in [3.63, 3.8) is 0 Å². The second-order valence-electron chi connectivity index (χ2n) is 4.66. The van der Waals surface area contributed by atoms with Gasteiger partial charge >= 0.3 is 0 Å². The Labute approximate surface area is 121 Å². The van der Waals surface area contributed by atoms with Gasteiger partial charge in [-0.3, -0.25) is 9.69 Å². The molecule has 0 aliphatic carbocycles. The molecule has 0 atom stereocenters.